The number of esters is 1. The van der Waals surface area contributed by atoms with Gasteiger partial charge in [0.1, 0.15) is 5.60 Å². The van der Waals surface area contributed by atoms with Crippen molar-refractivity contribution in [1.29, 1.82) is 0 Å². The fourth-order valence-electron chi connectivity index (χ4n) is 5.02. The molecule has 0 aromatic carbocycles. The predicted octanol–water partition coefficient (Wildman–Crippen LogP) is 4.43. The maximum Gasteiger partial charge on any atom is 0.311 e. The largest absolute Gasteiger partial charge is 0.460 e. The van der Waals surface area contributed by atoms with Crippen molar-refractivity contribution in [2.75, 3.05) is 19.7 Å². The first-order chi connectivity index (χ1) is 12.8. The van der Waals surface area contributed by atoms with Crippen LogP contribution in [0.15, 0.2) is 12.7 Å². The van der Waals surface area contributed by atoms with Crippen LogP contribution in [0.4, 0.5) is 0 Å². The molecule has 28 heavy (non-hydrogen) atoms. The molecule has 5 heteroatoms. The Morgan fingerprint density at radius 3 is 2.25 bits per heavy atom. The summed E-state index contributed by atoms with van der Waals surface area (Å²) in [5.74, 6) is -0.189. The molecule has 0 radical (unpaired) electrons. The van der Waals surface area contributed by atoms with Crippen molar-refractivity contribution in [3.8, 4) is 0 Å². The zero-order chi connectivity index (χ0) is 21.3. The molecule has 0 bridgehead atoms. The average molecular weight is 395 g/mol. The summed E-state index contributed by atoms with van der Waals surface area (Å²) in [6, 6.07) is 0.115. The van der Waals surface area contributed by atoms with Crippen LogP contribution in [0.1, 0.15) is 74.7 Å². The predicted molar refractivity (Wildman–Crippen MR) is 114 cm³/mol. The van der Waals surface area contributed by atoms with E-state index < -0.39 is 5.60 Å². The Kier molecular flexibility index (Phi) is 7.05. The third-order valence-electron chi connectivity index (χ3n) is 6.21. The lowest BCUT2D eigenvalue weighted by Gasteiger charge is -2.51. The van der Waals surface area contributed by atoms with E-state index in [9.17, 15) is 4.79 Å². The molecule has 0 saturated carbocycles. The van der Waals surface area contributed by atoms with E-state index in [2.05, 4.69) is 51.2 Å². The molecule has 2 rings (SSSR count). The number of hydrogen-bond donors (Lipinski definition) is 0. The molecular weight excluding hydrogens is 352 g/mol. The molecule has 2 aliphatic rings. The van der Waals surface area contributed by atoms with Gasteiger partial charge in [-0.05, 0) is 74.7 Å². The van der Waals surface area contributed by atoms with E-state index in [4.69, 9.17) is 9.57 Å². The van der Waals surface area contributed by atoms with Crippen LogP contribution in [-0.2, 0) is 14.4 Å². The lowest BCUT2D eigenvalue weighted by Crippen LogP contribution is -2.58. The van der Waals surface area contributed by atoms with Crippen LogP contribution in [-0.4, -0.2) is 58.3 Å². The van der Waals surface area contributed by atoms with E-state index in [1.807, 2.05) is 26.8 Å². The summed E-state index contributed by atoms with van der Waals surface area (Å²) in [6.45, 7) is 22.9. The van der Waals surface area contributed by atoms with Crippen LogP contribution in [0, 0.1) is 11.8 Å². The monoisotopic (exact) mass is 394 g/mol. The number of ether oxygens (including phenoxy) is 1. The van der Waals surface area contributed by atoms with Gasteiger partial charge in [-0.25, -0.2) is 0 Å². The molecule has 162 valence electrons. The van der Waals surface area contributed by atoms with Gasteiger partial charge in [-0.2, -0.15) is 5.06 Å². The van der Waals surface area contributed by atoms with Gasteiger partial charge in [-0.1, -0.05) is 6.08 Å². The first kappa shape index (κ1) is 23.4. The van der Waals surface area contributed by atoms with E-state index in [1.165, 1.54) is 6.42 Å². The fraction of sp³-hybridized carbons (Fsp3) is 0.870. The van der Waals surface area contributed by atoms with E-state index in [0.29, 0.717) is 6.61 Å². The summed E-state index contributed by atoms with van der Waals surface area (Å²) >= 11 is 0. The van der Waals surface area contributed by atoms with Crippen LogP contribution in [0.5, 0.6) is 0 Å². The van der Waals surface area contributed by atoms with Gasteiger partial charge in [-0.15, -0.1) is 6.58 Å². The highest BCUT2D eigenvalue weighted by atomic mass is 16.7. The number of carbonyl (C=O) groups excluding carboxylic acids is 1. The van der Waals surface area contributed by atoms with E-state index in [-0.39, 0.29) is 34.9 Å². The second-order valence-electron chi connectivity index (χ2n) is 10.9. The zero-order valence-electron chi connectivity index (χ0n) is 19.4. The summed E-state index contributed by atoms with van der Waals surface area (Å²) in [7, 11) is 0. The van der Waals surface area contributed by atoms with E-state index >= 15 is 0 Å². The Morgan fingerprint density at radius 1 is 1.18 bits per heavy atom. The van der Waals surface area contributed by atoms with Gasteiger partial charge in [0.05, 0.1) is 12.5 Å². The Labute approximate surface area is 172 Å². The van der Waals surface area contributed by atoms with Gasteiger partial charge in [0.2, 0.25) is 0 Å². The quantitative estimate of drug-likeness (QED) is 0.493. The molecular formula is C23H42N2O3. The molecule has 2 aliphatic heterocycles. The molecule has 0 unspecified atom stereocenters. The SMILES string of the molecule is C=CCN1C[C@H](CON2C(C)(C)CCCC2(C)C)[C@@H](C(=O)OC(C)(C)C)[C@@H]1C. The minimum atomic E-state index is -0.481. The lowest BCUT2D eigenvalue weighted by atomic mass is 9.82. The molecule has 5 nitrogen and oxygen atoms in total. The van der Waals surface area contributed by atoms with Crippen molar-refractivity contribution in [3.63, 3.8) is 0 Å². The average Bonchev–Trinajstić information content (AvgIpc) is 2.80. The Morgan fingerprint density at radius 2 is 1.75 bits per heavy atom. The van der Waals surface area contributed by atoms with E-state index in [1.54, 1.807) is 0 Å². The Bertz CT molecular complexity index is 549. The van der Waals surface area contributed by atoms with Crippen molar-refractivity contribution >= 4 is 5.97 Å². The van der Waals surface area contributed by atoms with Gasteiger partial charge < -0.3 is 4.74 Å². The lowest BCUT2D eigenvalue weighted by molar-refractivity contribution is -0.286. The van der Waals surface area contributed by atoms with Crippen molar-refractivity contribution in [3.05, 3.63) is 12.7 Å². The molecule has 0 aliphatic carbocycles. The van der Waals surface area contributed by atoms with Gasteiger partial charge >= 0.3 is 5.97 Å². The van der Waals surface area contributed by atoms with E-state index in [0.717, 1.165) is 25.9 Å². The summed E-state index contributed by atoms with van der Waals surface area (Å²) < 4.78 is 5.76. The fourth-order valence-corrected chi connectivity index (χ4v) is 5.02. The van der Waals surface area contributed by atoms with Crippen LogP contribution in [0.25, 0.3) is 0 Å². The minimum absolute atomic E-state index is 0.00576. The van der Waals surface area contributed by atoms with Crippen LogP contribution < -0.4 is 0 Å². The molecule has 2 saturated heterocycles. The number of nitrogens with zero attached hydrogens (tertiary/aromatic N) is 2. The highest BCUT2D eigenvalue weighted by Crippen LogP contribution is 2.40. The number of likely N-dealkylation sites (tertiary alicyclic amines) is 1. The molecule has 0 N–H and O–H groups in total. The number of hydroxylamine groups is 2. The maximum absolute atomic E-state index is 13.0. The first-order valence-corrected chi connectivity index (χ1v) is 10.8. The maximum atomic E-state index is 13.0. The van der Waals surface area contributed by atoms with Gasteiger partial charge in [0.15, 0.2) is 0 Å². The molecule has 0 aromatic heterocycles. The van der Waals surface area contributed by atoms with Crippen molar-refractivity contribution in [2.45, 2.75) is 97.4 Å². The standard InChI is InChI=1S/C23H42N2O3/c1-10-14-24-15-18(19(17(24)2)20(26)28-21(3,4)5)16-27-25-22(6,7)12-11-13-23(25,8)9/h10,17-19H,1,11-16H2,2-9H3/t17-,18+,19-/m0/s1. The molecule has 2 fully saturated rings. The molecule has 3 atom stereocenters. The van der Waals surface area contributed by atoms with Crippen LogP contribution >= 0.6 is 0 Å². The van der Waals surface area contributed by atoms with Crippen molar-refractivity contribution in [2.24, 2.45) is 11.8 Å². The smallest absolute Gasteiger partial charge is 0.311 e. The van der Waals surface area contributed by atoms with Crippen LogP contribution in [0.2, 0.25) is 0 Å². The van der Waals surface area contributed by atoms with Gasteiger partial charge in [0.25, 0.3) is 0 Å². The highest BCUT2D eigenvalue weighted by molar-refractivity contribution is 5.74. The molecule has 2 heterocycles. The number of carbonyl (C=O) groups is 1. The topological polar surface area (TPSA) is 42.0 Å². The summed E-state index contributed by atoms with van der Waals surface area (Å²) in [5, 5.41) is 2.19. The minimum Gasteiger partial charge on any atom is -0.460 e. The first-order valence-electron chi connectivity index (χ1n) is 10.8. The second-order valence-corrected chi connectivity index (χ2v) is 10.9. The molecule has 0 aromatic rings. The number of hydrogen-bond acceptors (Lipinski definition) is 5. The summed E-state index contributed by atoms with van der Waals surface area (Å²) in [6.07, 6.45) is 5.36. The van der Waals surface area contributed by atoms with Crippen molar-refractivity contribution in [1.82, 2.24) is 9.96 Å². The molecule has 0 spiro atoms. The van der Waals surface area contributed by atoms with Gasteiger partial charge in [0, 0.05) is 36.1 Å². The third kappa shape index (κ3) is 5.37. The summed E-state index contributed by atoms with van der Waals surface area (Å²) in [4.78, 5) is 21.8. The van der Waals surface area contributed by atoms with Gasteiger partial charge in [-0.3, -0.25) is 14.5 Å². The Balaban J connectivity index is 2.15. The van der Waals surface area contributed by atoms with Crippen molar-refractivity contribution < 1.29 is 14.4 Å². The zero-order valence-corrected chi connectivity index (χ0v) is 19.4. The normalized spacial score (nSPS) is 30.9. The highest BCUT2D eigenvalue weighted by Gasteiger charge is 2.47. The third-order valence-corrected chi connectivity index (χ3v) is 6.21. The number of rotatable bonds is 6. The second kappa shape index (κ2) is 8.45. The number of piperidine rings is 1. The molecule has 0 amide bonds. The summed E-state index contributed by atoms with van der Waals surface area (Å²) in [5.41, 5.74) is -0.493. The van der Waals surface area contributed by atoms with Crippen LogP contribution in [0.3, 0.4) is 0 Å². The Hall–Kier alpha value is -0.910.